The third kappa shape index (κ3) is 3.70. The first kappa shape index (κ1) is 15.7. The van der Waals surface area contributed by atoms with Gasteiger partial charge in [-0.1, -0.05) is 15.9 Å². The number of benzene rings is 2. The lowest BCUT2D eigenvalue weighted by molar-refractivity contribution is 0.397. The van der Waals surface area contributed by atoms with Gasteiger partial charge in [0.05, 0.1) is 20.3 Å². The van der Waals surface area contributed by atoms with Crippen LogP contribution in [0.2, 0.25) is 0 Å². The van der Waals surface area contributed by atoms with E-state index in [1.807, 2.05) is 24.3 Å². The van der Waals surface area contributed by atoms with Crippen molar-refractivity contribution in [3.05, 3.63) is 52.0 Å². The molecule has 3 nitrogen and oxygen atoms in total. The van der Waals surface area contributed by atoms with Crippen LogP contribution in [-0.4, -0.2) is 14.2 Å². The molecule has 4 heteroatoms. The number of methoxy groups -OCH3 is 2. The second-order valence-electron chi connectivity index (χ2n) is 4.94. The minimum absolute atomic E-state index is 0.107. The summed E-state index contributed by atoms with van der Waals surface area (Å²) in [4.78, 5) is 0. The largest absolute Gasteiger partial charge is 0.497 e. The second-order valence-corrected chi connectivity index (χ2v) is 5.79. The van der Waals surface area contributed by atoms with E-state index >= 15 is 0 Å². The Balaban J connectivity index is 2.26. The van der Waals surface area contributed by atoms with Crippen LogP contribution in [0, 0.1) is 6.92 Å². The number of aryl methyl sites for hydroxylation is 1. The molecule has 0 fully saturated rings. The molecule has 1 unspecified atom stereocenters. The van der Waals surface area contributed by atoms with Gasteiger partial charge in [0.1, 0.15) is 11.5 Å². The fraction of sp³-hybridized carbons (Fsp3) is 0.294. The van der Waals surface area contributed by atoms with E-state index in [4.69, 9.17) is 9.47 Å². The summed E-state index contributed by atoms with van der Waals surface area (Å²) in [5.41, 5.74) is 3.34. The first-order valence-electron chi connectivity index (χ1n) is 6.79. The van der Waals surface area contributed by atoms with Crippen LogP contribution >= 0.6 is 15.9 Å². The van der Waals surface area contributed by atoms with E-state index in [0.29, 0.717) is 0 Å². The van der Waals surface area contributed by atoms with E-state index in [1.54, 1.807) is 14.2 Å². The highest BCUT2D eigenvalue weighted by Crippen LogP contribution is 2.31. The maximum absolute atomic E-state index is 5.44. The number of hydrogen-bond acceptors (Lipinski definition) is 3. The van der Waals surface area contributed by atoms with Crippen LogP contribution in [0.15, 0.2) is 40.9 Å². The highest BCUT2D eigenvalue weighted by atomic mass is 79.9. The maximum atomic E-state index is 5.44. The van der Waals surface area contributed by atoms with Crippen molar-refractivity contribution in [3.63, 3.8) is 0 Å². The quantitative estimate of drug-likeness (QED) is 0.828. The molecule has 0 aliphatic heterocycles. The molecule has 2 aromatic rings. The molecule has 0 radical (unpaired) electrons. The van der Waals surface area contributed by atoms with Crippen LogP contribution in [0.4, 0.5) is 5.69 Å². The molecule has 2 aromatic carbocycles. The summed E-state index contributed by atoms with van der Waals surface area (Å²) in [6.07, 6.45) is 0. The van der Waals surface area contributed by atoms with Gasteiger partial charge in [-0.15, -0.1) is 0 Å². The van der Waals surface area contributed by atoms with Crippen LogP contribution < -0.4 is 14.8 Å². The molecule has 0 bridgehead atoms. The number of nitrogens with one attached hydrogen (secondary N) is 1. The molecular weight excluding hydrogens is 330 g/mol. The molecule has 0 aliphatic carbocycles. The standard InChI is InChI=1S/C17H20BrNO2/c1-11-9-13(5-7-16(11)18)19-12(2)15-10-14(20-3)6-8-17(15)21-4/h5-10,12,19H,1-4H3. The van der Waals surface area contributed by atoms with Gasteiger partial charge < -0.3 is 14.8 Å². The van der Waals surface area contributed by atoms with Crippen molar-refractivity contribution < 1.29 is 9.47 Å². The van der Waals surface area contributed by atoms with E-state index in [2.05, 4.69) is 47.2 Å². The third-order valence-electron chi connectivity index (χ3n) is 3.44. The van der Waals surface area contributed by atoms with Gasteiger partial charge in [-0.05, 0) is 55.8 Å². The molecule has 0 aromatic heterocycles. The van der Waals surface area contributed by atoms with Crippen LogP contribution in [-0.2, 0) is 0 Å². The summed E-state index contributed by atoms with van der Waals surface area (Å²) in [5, 5.41) is 3.50. The lowest BCUT2D eigenvalue weighted by atomic mass is 10.1. The minimum atomic E-state index is 0.107. The van der Waals surface area contributed by atoms with Gasteiger partial charge in [-0.25, -0.2) is 0 Å². The van der Waals surface area contributed by atoms with E-state index in [0.717, 1.165) is 27.2 Å². The van der Waals surface area contributed by atoms with E-state index < -0.39 is 0 Å². The Bertz CT molecular complexity index is 628. The summed E-state index contributed by atoms with van der Waals surface area (Å²) < 4.78 is 11.9. The third-order valence-corrected chi connectivity index (χ3v) is 4.33. The molecule has 1 atom stereocenters. The van der Waals surface area contributed by atoms with E-state index in [1.165, 1.54) is 5.56 Å². The predicted octanol–water partition coefficient (Wildman–Crippen LogP) is 4.95. The highest BCUT2D eigenvalue weighted by Gasteiger charge is 2.13. The highest BCUT2D eigenvalue weighted by molar-refractivity contribution is 9.10. The van der Waals surface area contributed by atoms with Crippen molar-refractivity contribution in [3.8, 4) is 11.5 Å². The maximum Gasteiger partial charge on any atom is 0.124 e. The lowest BCUT2D eigenvalue weighted by Crippen LogP contribution is -2.08. The molecule has 0 amide bonds. The predicted molar refractivity (Wildman–Crippen MR) is 90.5 cm³/mol. The number of ether oxygens (including phenoxy) is 2. The average Bonchev–Trinajstić information content (AvgIpc) is 2.50. The van der Waals surface area contributed by atoms with Gasteiger partial charge in [-0.3, -0.25) is 0 Å². The van der Waals surface area contributed by atoms with Crippen LogP contribution in [0.3, 0.4) is 0 Å². The van der Waals surface area contributed by atoms with Crippen molar-refractivity contribution in [2.45, 2.75) is 19.9 Å². The summed E-state index contributed by atoms with van der Waals surface area (Å²) in [6, 6.07) is 12.2. The van der Waals surface area contributed by atoms with Gasteiger partial charge in [0, 0.05) is 15.7 Å². The number of halogens is 1. The minimum Gasteiger partial charge on any atom is -0.497 e. The number of hydrogen-bond donors (Lipinski definition) is 1. The zero-order chi connectivity index (χ0) is 15.4. The zero-order valence-electron chi connectivity index (χ0n) is 12.7. The molecule has 112 valence electrons. The van der Waals surface area contributed by atoms with Gasteiger partial charge >= 0.3 is 0 Å². The molecule has 0 saturated carbocycles. The SMILES string of the molecule is COc1ccc(OC)c(C(C)Nc2ccc(Br)c(C)c2)c1. The van der Waals surface area contributed by atoms with Crippen LogP contribution in [0.5, 0.6) is 11.5 Å². The fourth-order valence-corrected chi connectivity index (χ4v) is 2.49. The number of anilines is 1. The molecule has 0 spiro atoms. The van der Waals surface area contributed by atoms with E-state index in [-0.39, 0.29) is 6.04 Å². The number of rotatable bonds is 5. The Morgan fingerprint density at radius 2 is 1.81 bits per heavy atom. The Morgan fingerprint density at radius 1 is 1.05 bits per heavy atom. The monoisotopic (exact) mass is 349 g/mol. The molecule has 0 heterocycles. The van der Waals surface area contributed by atoms with Crippen molar-refractivity contribution in [1.82, 2.24) is 0 Å². The normalized spacial score (nSPS) is 11.9. The van der Waals surface area contributed by atoms with Crippen molar-refractivity contribution in [1.29, 1.82) is 0 Å². The molecule has 1 N–H and O–H groups in total. The van der Waals surface area contributed by atoms with Crippen molar-refractivity contribution in [2.24, 2.45) is 0 Å². The van der Waals surface area contributed by atoms with Crippen LogP contribution in [0.1, 0.15) is 24.1 Å². The smallest absolute Gasteiger partial charge is 0.124 e. The topological polar surface area (TPSA) is 30.5 Å². The summed E-state index contributed by atoms with van der Waals surface area (Å²) in [6.45, 7) is 4.18. The molecule has 0 saturated heterocycles. The van der Waals surface area contributed by atoms with Gasteiger partial charge in [-0.2, -0.15) is 0 Å². The van der Waals surface area contributed by atoms with Crippen LogP contribution in [0.25, 0.3) is 0 Å². The first-order chi connectivity index (χ1) is 10.0. The Morgan fingerprint density at radius 3 is 2.43 bits per heavy atom. The summed E-state index contributed by atoms with van der Waals surface area (Å²) >= 11 is 3.52. The first-order valence-corrected chi connectivity index (χ1v) is 7.59. The summed E-state index contributed by atoms with van der Waals surface area (Å²) in [5.74, 6) is 1.68. The van der Waals surface area contributed by atoms with Crippen molar-refractivity contribution in [2.75, 3.05) is 19.5 Å². The molecular formula is C17H20BrNO2. The lowest BCUT2D eigenvalue weighted by Gasteiger charge is -2.19. The van der Waals surface area contributed by atoms with Crippen molar-refractivity contribution >= 4 is 21.6 Å². The second kappa shape index (κ2) is 6.85. The molecule has 0 aliphatic rings. The average molecular weight is 350 g/mol. The Labute approximate surface area is 134 Å². The fourth-order valence-electron chi connectivity index (χ4n) is 2.24. The Hall–Kier alpha value is -1.68. The molecule has 2 rings (SSSR count). The van der Waals surface area contributed by atoms with Gasteiger partial charge in [0.2, 0.25) is 0 Å². The van der Waals surface area contributed by atoms with Gasteiger partial charge in [0.25, 0.3) is 0 Å². The summed E-state index contributed by atoms with van der Waals surface area (Å²) in [7, 11) is 3.35. The molecule has 21 heavy (non-hydrogen) atoms. The zero-order valence-corrected chi connectivity index (χ0v) is 14.3. The van der Waals surface area contributed by atoms with Gasteiger partial charge in [0.15, 0.2) is 0 Å². The van der Waals surface area contributed by atoms with E-state index in [9.17, 15) is 0 Å². The Kier molecular flexibility index (Phi) is 5.12.